The van der Waals surface area contributed by atoms with Gasteiger partial charge in [-0.3, -0.25) is 0 Å². The van der Waals surface area contributed by atoms with Crippen molar-refractivity contribution in [2.75, 3.05) is 0 Å². The average Bonchev–Trinajstić information content (AvgIpc) is 2.06. The molecule has 1 N–H and O–H groups in total. The van der Waals surface area contributed by atoms with Crippen molar-refractivity contribution in [1.29, 1.82) is 0 Å². The number of rotatable bonds is 2. The Hall–Kier alpha value is -0.750. The SMILES string of the molecule is OCc1cccc(OC(F)(F)F)c1Br. The number of ether oxygens (including phenoxy) is 1. The Balaban J connectivity index is 2.98. The van der Waals surface area contributed by atoms with Gasteiger partial charge in [-0.15, -0.1) is 13.2 Å². The van der Waals surface area contributed by atoms with Gasteiger partial charge >= 0.3 is 6.36 Å². The molecule has 0 amide bonds. The van der Waals surface area contributed by atoms with Gasteiger partial charge in [0.2, 0.25) is 0 Å². The minimum atomic E-state index is -4.73. The van der Waals surface area contributed by atoms with Crippen LogP contribution in [0.3, 0.4) is 0 Å². The molecule has 1 aromatic carbocycles. The van der Waals surface area contributed by atoms with Crippen molar-refractivity contribution >= 4 is 15.9 Å². The van der Waals surface area contributed by atoms with Gasteiger partial charge in [-0.2, -0.15) is 0 Å². The summed E-state index contributed by atoms with van der Waals surface area (Å²) in [6, 6.07) is 4.03. The van der Waals surface area contributed by atoms with Crippen LogP contribution >= 0.6 is 15.9 Å². The molecule has 0 aliphatic carbocycles. The highest BCUT2D eigenvalue weighted by molar-refractivity contribution is 9.10. The Morgan fingerprint density at radius 1 is 1.36 bits per heavy atom. The lowest BCUT2D eigenvalue weighted by molar-refractivity contribution is -0.274. The first-order chi connectivity index (χ1) is 6.44. The predicted octanol–water partition coefficient (Wildman–Crippen LogP) is 2.84. The van der Waals surface area contributed by atoms with Crippen LogP contribution in [0.25, 0.3) is 0 Å². The fourth-order valence-corrected chi connectivity index (χ4v) is 1.35. The molecule has 2 nitrogen and oxygen atoms in total. The summed E-state index contributed by atoms with van der Waals surface area (Å²) >= 11 is 2.91. The quantitative estimate of drug-likeness (QED) is 0.896. The molecule has 0 saturated carbocycles. The van der Waals surface area contributed by atoms with Gasteiger partial charge in [-0.05, 0) is 27.6 Å². The van der Waals surface area contributed by atoms with Gasteiger partial charge in [0.1, 0.15) is 5.75 Å². The van der Waals surface area contributed by atoms with Crippen LogP contribution in [0.5, 0.6) is 5.75 Å². The lowest BCUT2D eigenvalue weighted by Crippen LogP contribution is -2.17. The van der Waals surface area contributed by atoms with E-state index in [0.29, 0.717) is 5.56 Å². The van der Waals surface area contributed by atoms with E-state index in [9.17, 15) is 13.2 Å². The van der Waals surface area contributed by atoms with E-state index in [1.807, 2.05) is 0 Å². The van der Waals surface area contributed by atoms with E-state index in [4.69, 9.17) is 5.11 Å². The van der Waals surface area contributed by atoms with Crippen LogP contribution in [0.1, 0.15) is 5.56 Å². The normalized spacial score (nSPS) is 11.5. The summed E-state index contributed by atoms with van der Waals surface area (Å²) in [5.41, 5.74) is 0.340. The second-order valence-electron chi connectivity index (χ2n) is 2.44. The van der Waals surface area contributed by atoms with Crippen molar-refractivity contribution in [3.8, 4) is 5.75 Å². The highest BCUT2D eigenvalue weighted by atomic mass is 79.9. The zero-order valence-electron chi connectivity index (χ0n) is 6.81. The highest BCUT2D eigenvalue weighted by Gasteiger charge is 2.32. The number of aliphatic hydroxyl groups is 1. The van der Waals surface area contributed by atoms with Crippen molar-refractivity contribution in [3.63, 3.8) is 0 Å². The average molecular weight is 271 g/mol. The maximum absolute atomic E-state index is 11.9. The summed E-state index contributed by atoms with van der Waals surface area (Å²) in [6.45, 7) is -0.352. The summed E-state index contributed by atoms with van der Waals surface area (Å²) < 4.78 is 39.4. The molecule has 0 aromatic heterocycles. The van der Waals surface area contributed by atoms with E-state index in [1.165, 1.54) is 12.1 Å². The number of hydrogen-bond donors (Lipinski definition) is 1. The minimum Gasteiger partial charge on any atom is -0.405 e. The Kier molecular flexibility index (Phi) is 3.38. The van der Waals surface area contributed by atoms with Crippen LogP contribution in [-0.2, 0) is 6.61 Å². The number of aliphatic hydroxyl groups excluding tert-OH is 1. The third kappa shape index (κ3) is 2.88. The topological polar surface area (TPSA) is 29.5 Å². The van der Waals surface area contributed by atoms with Crippen LogP contribution < -0.4 is 4.74 Å². The maximum atomic E-state index is 11.9. The maximum Gasteiger partial charge on any atom is 0.573 e. The smallest absolute Gasteiger partial charge is 0.405 e. The minimum absolute atomic E-state index is 0.111. The van der Waals surface area contributed by atoms with Crippen molar-refractivity contribution in [2.45, 2.75) is 13.0 Å². The van der Waals surface area contributed by atoms with E-state index >= 15 is 0 Å². The summed E-state index contributed by atoms with van der Waals surface area (Å²) in [4.78, 5) is 0. The Morgan fingerprint density at radius 2 is 2.00 bits per heavy atom. The molecule has 6 heteroatoms. The van der Waals surface area contributed by atoms with Crippen LogP contribution in [0.2, 0.25) is 0 Å². The monoisotopic (exact) mass is 270 g/mol. The second-order valence-corrected chi connectivity index (χ2v) is 3.23. The summed E-state index contributed by atoms with van der Waals surface area (Å²) in [6.07, 6.45) is -4.73. The third-order valence-corrected chi connectivity index (χ3v) is 2.34. The van der Waals surface area contributed by atoms with Gasteiger partial charge in [0, 0.05) is 0 Å². The molecular weight excluding hydrogens is 265 g/mol. The molecule has 0 radical (unpaired) electrons. The summed E-state index contributed by atoms with van der Waals surface area (Å²) in [5.74, 6) is -0.357. The first-order valence-corrected chi connectivity index (χ1v) is 4.37. The molecule has 1 rings (SSSR count). The first-order valence-electron chi connectivity index (χ1n) is 3.58. The molecule has 14 heavy (non-hydrogen) atoms. The summed E-state index contributed by atoms with van der Waals surface area (Å²) in [7, 11) is 0. The number of hydrogen-bond acceptors (Lipinski definition) is 2. The largest absolute Gasteiger partial charge is 0.573 e. The number of halogens is 4. The van der Waals surface area contributed by atoms with Gasteiger partial charge in [-0.25, -0.2) is 0 Å². The van der Waals surface area contributed by atoms with E-state index in [0.717, 1.165) is 6.07 Å². The van der Waals surface area contributed by atoms with Crippen molar-refractivity contribution in [1.82, 2.24) is 0 Å². The fourth-order valence-electron chi connectivity index (χ4n) is 0.882. The molecule has 1 aromatic rings. The van der Waals surface area contributed by atoms with E-state index in [1.54, 1.807) is 0 Å². The van der Waals surface area contributed by atoms with Gasteiger partial charge in [0.25, 0.3) is 0 Å². The zero-order chi connectivity index (χ0) is 10.8. The van der Waals surface area contributed by atoms with Crippen molar-refractivity contribution in [2.24, 2.45) is 0 Å². The van der Waals surface area contributed by atoms with E-state index < -0.39 is 6.36 Å². The molecule has 0 heterocycles. The fraction of sp³-hybridized carbons (Fsp3) is 0.250. The van der Waals surface area contributed by atoms with Crippen molar-refractivity contribution < 1.29 is 23.0 Å². The van der Waals surface area contributed by atoms with Gasteiger partial charge < -0.3 is 9.84 Å². The molecule has 0 fully saturated rings. The van der Waals surface area contributed by atoms with Crippen LogP contribution in [-0.4, -0.2) is 11.5 Å². The molecule has 0 aliphatic rings. The Bertz CT molecular complexity index is 325. The molecule has 0 spiro atoms. The second kappa shape index (κ2) is 4.18. The number of benzene rings is 1. The standard InChI is InChI=1S/C8H6BrF3O2/c9-7-5(4-13)2-1-3-6(7)14-8(10,11)12/h1-3,13H,4H2. The predicted molar refractivity (Wildman–Crippen MR) is 46.7 cm³/mol. The van der Waals surface area contributed by atoms with Gasteiger partial charge in [0.05, 0.1) is 11.1 Å². The van der Waals surface area contributed by atoms with Gasteiger partial charge in [0.15, 0.2) is 0 Å². The molecular formula is C8H6BrF3O2. The van der Waals surface area contributed by atoms with E-state index in [2.05, 4.69) is 20.7 Å². The summed E-state index contributed by atoms with van der Waals surface area (Å²) in [5, 5.41) is 8.77. The number of alkyl halides is 3. The third-order valence-electron chi connectivity index (χ3n) is 1.44. The van der Waals surface area contributed by atoms with Crippen molar-refractivity contribution in [3.05, 3.63) is 28.2 Å². The first kappa shape index (κ1) is 11.3. The highest BCUT2D eigenvalue weighted by Crippen LogP contribution is 2.32. The van der Waals surface area contributed by atoms with Gasteiger partial charge in [-0.1, -0.05) is 12.1 Å². The zero-order valence-corrected chi connectivity index (χ0v) is 8.39. The molecule has 0 saturated heterocycles. The van der Waals surface area contributed by atoms with Crippen LogP contribution in [0.15, 0.2) is 22.7 Å². The van der Waals surface area contributed by atoms with Crippen LogP contribution in [0, 0.1) is 0 Å². The van der Waals surface area contributed by atoms with Crippen LogP contribution in [0.4, 0.5) is 13.2 Å². The lowest BCUT2D eigenvalue weighted by Gasteiger charge is -2.11. The molecule has 0 atom stereocenters. The Labute approximate surface area is 86.4 Å². The van der Waals surface area contributed by atoms with E-state index in [-0.39, 0.29) is 16.8 Å². The molecule has 0 bridgehead atoms. The molecule has 78 valence electrons. The molecule has 0 aliphatic heterocycles. The molecule has 0 unspecified atom stereocenters. The lowest BCUT2D eigenvalue weighted by atomic mass is 10.2. The Morgan fingerprint density at radius 3 is 2.50 bits per heavy atom.